The molecule has 0 amide bonds. The molecule has 2 N–H and O–H groups in total. The average Bonchev–Trinajstić information content (AvgIpc) is 2.57. The molecule has 2 heterocycles. The van der Waals surface area contributed by atoms with Crippen LogP contribution in [0.25, 0.3) is 0 Å². The second-order valence-corrected chi connectivity index (χ2v) is 6.39. The highest BCUT2D eigenvalue weighted by atomic mass is 32.2. The van der Waals surface area contributed by atoms with Gasteiger partial charge in [0.1, 0.15) is 0 Å². The lowest BCUT2D eigenvalue weighted by Crippen LogP contribution is -2.39. The molecule has 1 aliphatic rings. The number of nitrogen functional groups attached to an aromatic ring is 1. The zero-order chi connectivity index (χ0) is 12.6. The molecule has 96 valence electrons. The molecule has 1 fully saturated rings. The Bertz CT molecular complexity index is 431. The third-order valence-electron chi connectivity index (χ3n) is 3.07. The van der Waals surface area contributed by atoms with Gasteiger partial charge in [-0.05, 0) is 20.8 Å². The normalized spacial score (nSPS) is 18.0. The van der Waals surface area contributed by atoms with E-state index in [9.17, 15) is 4.21 Å². The molecular formula is C11H20N4OS. The highest BCUT2D eigenvalue weighted by Crippen LogP contribution is 2.29. The minimum absolute atomic E-state index is 0.286. The highest BCUT2D eigenvalue weighted by Gasteiger charge is 2.23. The van der Waals surface area contributed by atoms with E-state index in [4.69, 9.17) is 5.73 Å². The lowest BCUT2D eigenvalue weighted by molar-refractivity contribution is 0.523. The molecular weight excluding hydrogens is 236 g/mol. The van der Waals surface area contributed by atoms with Gasteiger partial charge < -0.3 is 10.6 Å². The van der Waals surface area contributed by atoms with Gasteiger partial charge in [-0.3, -0.25) is 4.21 Å². The van der Waals surface area contributed by atoms with Crippen molar-refractivity contribution in [2.45, 2.75) is 26.8 Å². The van der Waals surface area contributed by atoms with Gasteiger partial charge in [0.2, 0.25) is 0 Å². The van der Waals surface area contributed by atoms with Gasteiger partial charge in [0.15, 0.2) is 5.82 Å². The van der Waals surface area contributed by atoms with Crippen LogP contribution in [0.3, 0.4) is 0 Å². The summed E-state index contributed by atoms with van der Waals surface area (Å²) in [4.78, 5) is 2.21. The Morgan fingerprint density at radius 2 is 1.94 bits per heavy atom. The van der Waals surface area contributed by atoms with Crippen molar-refractivity contribution in [3.05, 3.63) is 5.69 Å². The van der Waals surface area contributed by atoms with Crippen molar-refractivity contribution < 1.29 is 4.21 Å². The van der Waals surface area contributed by atoms with Crippen LogP contribution in [0.2, 0.25) is 0 Å². The van der Waals surface area contributed by atoms with Crippen molar-refractivity contribution >= 4 is 22.3 Å². The molecule has 5 nitrogen and oxygen atoms in total. The van der Waals surface area contributed by atoms with E-state index in [0.717, 1.165) is 41.8 Å². The Morgan fingerprint density at radius 1 is 1.35 bits per heavy atom. The van der Waals surface area contributed by atoms with Crippen LogP contribution in [0, 0.1) is 6.92 Å². The predicted molar refractivity (Wildman–Crippen MR) is 71.9 cm³/mol. The van der Waals surface area contributed by atoms with E-state index in [1.165, 1.54) is 0 Å². The molecule has 0 radical (unpaired) electrons. The van der Waals surface area contributed by atoms with E-state index in [1.54, 1.807) is 0 Å². The second kappa shape index (κ2) is 4.68. The maximum Gasteiger partial charge on any atom is 0.150 e. The standard InChI is InChI=1S/C11H20N4OS/c1-8(2)15-11(10(12)9(3)13-15)14-4-6-17(16)7-5-14/h8H,4-7,12H2,1-3H3. The summed E-state index contributed by atoms with van der Waals surface area (Å²) in [6.07, 6.45) is 0. The summed E-state index contributed by atoms with van der Waals surface area (Å²) in [6.45, 7) is 7.72. The fourth-order valence-electron chi connectivity index (χ4n) is 2.07. The van der Waals surface area contributed by atoms with Crippen LogP contribution in [-0.2, 0) is 10.8 Å². The van der Waals surface area contributed by atoms with Crippen molar-refractivity contribution in [1.82, 2.24) is 9.78 Å². The zero-order valence-electron chi connectivity index (χ0n) is 10.6. The minimum atomic E-state index is -0.664. The zero-order valence-corrected chi connectivity index (χ0v) is 11.5. The molecule has 1 aromatic rings. The van der Waals surface area contributed by atoms with E-state index in [1.807, 2.05) is 11.6 Å². The molecule has 0 spiro atoms. The maximum absolute atomic E-state index is 11.4. The van der Waals surface area contributed by atoms with Crippen molar-refractivity contribution in [1.29, 1.82) is 0 Å². The molecule has 6 heteroatoms. The average molecular weight is 256 g/mol. The summed E-state index contributed by atoms with van der Waals surface area (Å²) in [5.74, 6) is 2.44. The predicted octanol–water partition coefficient (Wildman–Crippen LogP) is 0.923. The second-order valence-electron chi connectivity index (χ2n) is 4.70. The van der Waals surface area contributed by atoms with Gasteiger partial charge in [0.05, 0.1) is 11.4 Å². The van der Waals surface area contributed by atoms with Crippen molar-refractivity contribution in [3.8, 4) is 0 Å². The van der Waals surface area contributed by atoms with Gasteiger partial charge in [-0.1, -0.05) is 0 Å². The summed E-state index contributed by atoms with van der Waals surface area (Å²) in [7, 11) is -0.664. The summed E-state index contributed by atoms with van der Waals surface area (Å²) in [5.41, 5.74) is 7.74. The molecule has 0 bridgehead atoms. The number of hydrogen-bond donors (Lipinski definition) is 1. The number of anilines is 2. The van der Waals surface area contributed by atoms with Crippen LogP contribution in [0.5, 0.6) is 0 Å². The topological polar surface area (TPSA) is 64.2 Å². The van der Waals surface area contributed by atoms with Gasteiger partial charge in [-0.2, -0.15) is 5.10 Å². The summed E-state index contributed by atoms with van der Waals surface area (Å²) in [6, 6.07) is 0.286. The third kappa shape index (κ3) is 2.31. The molecule has 1 aromatic heterocycles. The Kier molecular flexibility index (Phi) is 3.42. The van der Waals surface area contributed by atoms with E-state index < -0.39 is 10.8 Å². The Morgan fingerprint density at radius 3 is 2.47 bits per heavy atom. The first-order chi connectivity index (χ1) is 8.00. The molecule has 1 saturated heterocycles. The van der Waals surface area contributed by atoms with Crippen LogP contribution >= 0.6 is 0 Å². The van der Waals surface area contributed by atoms with Crippen LogP contribution in [0.15, 0.2) is 0 Å². The summed E-state index contributed by atoms with van der Waals surface area (Å²) in [5, 5.41) is 4.48. The first kappa shape index (κ1) is 12.4. The maximum atomic E-state index is 11.4. The van der Waals surface area contributed by atoms with Crippen LogP contribution in [-0.4, -0.2) is 38.6 Å². The SMILES string of the molecule is Cc1nn(C(C)C)c(N2CCS(=O)CC2)c1N. The monoisotopic (exact) mass is 256 g/mol. The number of nitrogens with zero attached hydrogens (tertiary/aromatic N) is 3. The van der Waals surface area contributed by atoms with E-state index >= 15 is 0 Å². The van der Waals surface area contributed by atoms with Crippen LogP contribution in [0.1, 0.15) is 25.6 Å². The minimum Gasteiger partial charge on any atom is -0.394 e. The molecule has 0 saturated carbocycles. The number of nitrogens with two attached hydrogens (primary N) is 1. The molecule has 1 aliphatic heterocycles. The van der Waals surface area contributed by atoms with E-state index in [2.05, 4.69) is 23.8 Å². The third-order valence-corrected chi connectivity index (χ3v) is 4.35. The van der Waals surface area contributed by atoms with Gasteiger partial charge in [-0.15, -0.1) is 0 Å². The molecule has 0 atom stereocenters. The van der Waals surface area contributed by atoms with Crippen molar-refractivity contribution in [3.63, 3.8) is 0 Å². The van der Waals surface area contributed by atoms with E-state index in [-0.39, 0.29) is 6.04 Å². The van der Waals surface area contributed by atoms with Crippen LogP contribution < -0.4 is 10.6 Å². The fourth-order valence-corrected chi connectivity index (χ4v) is 3.13. The number of hydrogen-bond acceptors (Lipinski definition) is 4. The lowest BCUT2D eigenvalue weighted by atomic mass is 10.3. The van der Waals surface area contributed by atoms with Crippen molar-refractivity contribution in [2.24, 2.45) is 0 Å². The smallest absolute Gasteiger partial charge is 0.150 e. The summed E-state index contributed by atoms with van der Waals surface area (Å²) >= 11 is 0. The Balaban J connectivity index is 2.33. The van der Waals surface area contributed by atoms with Crippen molar-refractivity contribution in [2.75, 3.05) is 35.2 Å². The molecule has 0 unspecified atom stereocenters. The number of rotatable bonds is 2. The lowest BCUT2D eigenvalue weighted by Gasteiger charge is -2.29. The fraction of sp³-hybridized carbons (Fsp3) is 0.727. The first-order valence-electron chi connectivity index (χ1n) is 5.95. The van der Waals surface area contributed by atoms with Gasteiger partial charge >= 0.3 is 0 Å². The Labute approximate surface area is 104 Å². The quantitative estimate of drug-likeness (QED) is 0.854. The van der Waals surface area contributed by atoms with E-state index in [0.29, 0.717) is 0 Å². The van der Waals surface area contributed by atoms with Gasteiger partial charge in [-0.25, -0.2) is 4.68 Å². The molecule has 2 rings (SSSR count). The molecule has 17 heavy (non-hydrogen) atoms. The first-order valence-corrected chi connectivity index (χ1v) is 7.44. The summed E-state index contributed by atoms with van der Waals surface area (Å²) < 4.78 is 13.4. The molecule has 0 aromatic carbocycles. The number of aromatic nitrogens is 2. The largest absolute Gasteiger partial charge is 0.394 e. The van der Waals surface area contributed by atoms with Gasteiger partial charge in [0.25, 0.3) is 0 Å². The van der Waals surface area contributed by atoms with Gasteiger partial charge in [0, 0.05) is 41.4 Å². The Hall–Kier alpha value is -1.04. The molecule has 0 aliphatic carbocycles. The number of aryl methyl sites for hydroxylation is 1. The highest BCUT2D eigenvalue weighted by molar-refractivity contribution is 7.85. The van der Waals surface area contributed by atoms with Crippen LogP contribution in [0.4, 0.5) is 11.5 Å².